The smallest absolute Gasteiger partial charge is 0.0992 e. The number of nitriles is 1. The van der Waals surface area contributed by atoms with Crippen molar-refractivity contribution < 1.29 is 0 Å². The average molecular weight is 264 g/mol. The highest BCUT2D eigenvalue weighted by Gasteiger charge is 2.23. The number of hydrogen-bond acceptors (Lipinski definition) is 3. The SMILES string of the molecule is CN(c1ccc(C#N)cc1Cl)C1CCC(N)CC1. The second-order valence-corrected chi connectivity index (χ2v) is 5.36. The third-order valence-corrected chi connectivity index (χ3v) is 4.05. The van der Waals surface area contributed by atoms with E-state index >= 15 is 0 Å². The van der Waals surface area contributed by atoms with Crippen molar-refractivity contribution in [2.75, 3.05) is 11.9 Å². The van der Waals surface area contributed by atoms with Crippen LogP contribution < -0.4 is 10.6 Å². The third kappa shape index (κ3) is 2.77. The van der Waals surface area contributed by atoms with E-state index in [2.05, 4.69) is 18.0 Å². The van der Waals surface area contributed by atoms with Crippen LogP contribution in [0.3, 0.4) is 0 Å². The molecule has 1 aliphatic rings. The Kier molecular flexibility index (Phi) is 4.11. The fraction of sp³-hybridized carbons (Fsp3) is 0.500. The maximum atomic E-state index is 8.83. The van der Waals surface area contributed by atoms with Gasteiger partial charge in [0.15, 0.2) is 0 Å². The molecule has 0 aromatic heterocycles. The van der Waals surface area contributed by atoms with E-state index in [1.54, 1.807) is 6.07 Å². The van der Waals surface area contributed by atoms with Gasteiger partial charge in [-0.05, 0) is 43.9 Å². The molecule has 0 bridgehead atoms. The Balaban J connectivity index is 2.14. The minimum Gasteiger partial charge on any atom is -0.370 e. The summed E-state index contributed by atoms with van der Waals surface area (Å²) < 4.78 is 0. The van der Waals surface area contributed by atoms with Crippen LogP contribution in [0.25, 0.3) is 0 Å². The minimum atomic E-state index is 0.353. The van der Waals surface area contributed by atoms with Crippen LogP contribution >= 0.6 is 11.6 Å². The number of rotatable bonds is 2. The van der Waals surface area contributed by atoms with Crippen molar-refractivity contribution in [1.82, 2.24) is 0 Å². The summed E-state index contributed by atoms with van der Waals surface area (Å²) in [6.07, 6.45) is 4.35. The van der Waals surface area contributed by atoms with Crippen LogP contribution in [-0.2, 0) is 0 Å². The predicted molar refractivity (Wildman–Crippen MR) is 74.8 cm³/mol. The maximum Gasteiger partial charge on any atom is 0.0992 e. The van der Waals surface area contributed by atoms with Crippen LogP contribution in [0.2, 0.25) is 5.02 Å². The van der Waals surface area contributed by atoms with Gasteiger partial charge in [0.1, 0.15) is 0 Å². The first-order valence-electron chi connectivity index (χ1n) is 6.30. The van der Waals surface area contributed by atoms with Crippen molar-refractivity contribution >= 4 is 17.3 Å². The predicted octanol–water partition coefficient (Wildman–Crippen LogP) is 2.92. The quantitative estimate of drug-likeness (QED) is 0.893. The largest absolute Gasteiger partial charge is 0.370 e. The lowest BCUT2D eigenvalue weighted by atomic mass is 9.90. The van der Waals surface area contributed by atoms with Gasteiger partial charge in [-0.3, -0.25) is 0 Å². The van der Waals surface area contributed by atoms with Crippen molar-refractivity contribution in [3.63, 3.8) is 0 Å². The van der Waals surface area contributed by atoms with E-state index in [-0.39, 0.29) is 0 Å². The van der Waals surface area contributed by atoms with Crippen LogP contribution in [0, 0.1) is 11.3 Å². The topological polar surface area (TPSA) is 53.0 Å². The molecule has 1 fully saturated rings. The molecule has 3 nitrogen and oxygen atoms in total. The molecule has 1 aliphatic carbocycles. The van der Waals surface area contributed by atoms with Gasteiger partial charge in [-0.2, -0.15) is 5.26 Å². The van der Waals surface area contributed by atoms with E-state index in [9.17, 15) is 0 Å². The standard InChI is InChI=1S/C14H18ClN3/c1-18(12-5-3-11(17)4-6-12)14-7-2-10(9-16)8-13(14)15/h2,7-8,11-12H,3-6,17H2,1H3. The molecule has 1 saturated carbocycles. The zero-order chi connectivity index (χ0) is 13.1. The highest BCUT2D eigenvalue weighted by Crippen LogP contribution is 2.31. The van der Waals surface area contributed by atoms with Crippen LogP contribution in [-0.4, -0.2) is 19.1 Å². The first-order chi connectivity index (χ1) is 8.61. The molecule has 1 aromatic rings. The Labute approximate surface area is 113 Å². The summed E-state index contributed by atoms with van der Waals surface area (Å²) in [6, 6.07) is 8.41. The summed E-state index contributed by atoms with van der Waals surface area (Å²) in [4.78, 5) is 2.22. The van der Waals surface area contributed by atoms with E-state index in [4.69, 9.17) is 22.6 Å². The third-order valence-electron chi connectivity index (χ3n) is 3.75. The molecule has 18 heavy (non-hydrogen) atoms. The van der Waals surface area contributed by atoms with Crippen LogP contribution in [0.15, 0.2) is 18.2 Å². The second kappa shape index (κ2) is 5.60. The van der Waals surface area contributed by atoms with Crippen LogP contribution in [0.4, 0.5) is 5.69 Å². The molecular formula is C14H18ClN3. The van der Waals surface area contributed by atoms with Crippen LogP contribution in [0.5, 0.6) is 0 Å². The fourth-order valence-corrected chi connectivity index (χ4v) is 2.86. The molecule has 96 valence electrons. The summed E-state index contributed by atoms with van der Waals surface area (Å²) in [5, 5.41) is 9.48. The lowest BCUT2D eigenvalue weighted by Gasteiger charge is -2.35. The van der Waals surface area contributed by atoms with Crippen LogP contribution in [0.1, 0.15) is 31.2 Å². The first-order valence-corrected chi connectivity index (χ1v) is 6.67. The molecule has 0 unspecified atom stereocenters. The van der Waals surface area contributed by atoms with Crippen molar-refractivity contribution in [3.05, 3.63) is 28.8 Å². The Bertz CT molecular complexity index is 459. The lowest BCUT2D eigenvalue weighted by Crippen LogP contribution is -2.38. The molecule has 0 saturated heterocycles. The molecule has 1 aromatic carbocycles. The number of halogens is 1. The number of benzene rings is 1. The van der Waals surface area contributed by atoms with E-state index in [1.165, 1.54) is 0 Å². The summed E-state index contributed by atoms with van der Waals surface area (Å²) in [5.74, 6) is 0. The minimum absolute atomic E-state index is 0.353. The molecule has 0 atom stereocenters. The number of hydrogen-bond donors (Lipinski definition) is 1. The van der Waals surface area contributed by atoms with Gasteiger partial charge in [-0.1, -0.05) is 11.6 Å². The zero-order valence-electron chi connectivity index (χ0n) is 10.6. The molecule has 0 aliphatic heterocycles. The van der Waals surface area contributed by atoms with E-state index in [0.29, 0.717) is 22.7 Å². The zero-order valence-corrected chi connectivity index (χ0v) is 11.3. The van der Waals surface area contributed by atoms with Gasteiger partial charge in [-0.15, -0.1) is 0 Å². The van der Waals surface area contributed by atoms with Gasteiger partial charge >= 0.3 is 0 Å². The average Bonchev–Trinajstić information content (AvgIpc) is 2.38. The van der Waals surface area contributed by atoms with E-state index in [0.717, 1.165) is 31.4 Å². The molecule has 0 spiro atoms. The molecule has 0 radical (unpaired) electrons. The van der Waals surface area contributed by atoms with Crippen molar-refractivity contribution in [2.24, 2.45) is 5.73 Å². The molecule has 2 N–H and O–H groups in total. The highest BCUT2D eigenvalue weighted by molar-refractivity contribution is 6.33. The Morgan fingerprint density at radius 3 is 2.56 bits per heavy atom. The van der Waals surface area contributed by atoms with Gasteiger partial charge in [-0.25, -0.2) is 0 Å². The number of nitrogens with zero attached hydrogens (tertiary/aromatic N) is 2. The van der Waals surface area contributed by atoms with Gasteiger partial charge in [0.05, 0.1) is 22.3 Å². The second-order valence-electron chi connectivity index (χ2n) is 4.96. The van der Waals surface area contributed by atoms with Gasteiger partial charge in [0, 0.05) is 19.1 Å². The first kappa shape index (κ1) is 13.2. The number of anilines is 1. The summed E-state index contributed by atoms with van der Waals surface area (Å²) >= 11 is 6.23. The molecule has 4 heteroatoms. The molecular weight excluding hydrogens is 246 g/mol. The monoisotopic (exact) mass is 263 g/mol. The fourth-order valence-electron chi connectivity index (χ4n) is 2.55. The molecule has 0 amide bonds. The summed E-state index contributed by atoms with van der Waals surface area (Å²) in [5.41, 5.74) is 7.52. The van der Waals surface area contributed by atoms with Crippen molar-refractivity contribution in [3.8, 4) is 6.07 Å². The normalized spacial score (nSPS) is 23.4. The highest BCUT2D eigenvalue weighted by atomic mass is 35.5. The molecule has 0 heterocycles. The van der Waals surface area contributed by atoms with E-state index in [1.807, 2.05) is 12.1 Å². The molecule has 2 rings (SSSR count). The maximum absolute atomic E-state index is 8.83. The van der Waals surface area contributed by atoms with E-state index < -0.39 is 0 Å². The Morgan fingerprint density at radius 2 is 2.00 bits per heavy atom. The van der Waals surface area contributed by atoms with Crippen molar-refractivity contribution in [1.29, 1.82) is 5.26 Å². The lowest BCUT2D eigenvalue weighted by molar-refractivity contribution is 0.385. The Morgan fingerprint density at radius 1 is 1.33 bits per heavy atom. The summed E-state index contributed by atoms with van der Waals surface area (Å²) in [6.45, 7) is 0. The van der Waals surface area contributed by atoms with Gasteiger partial charge in [0.2, 0.25) is 0 Å². The number of nitrogens with two attached hydrogens (primary N) is 1. The van der Waals surface area contributed by atoms with Gasteiger partial charge < -0.3 is 10.6 Å². The Hall–Kier alpha value is -1.24. The van der Waals surface area contributed by atoms with Gasteiger partial charge in [0.25, 0.3) is 0 Å². The summed E-state index contributed by atoms with van der Waals surface area (Å²) in [7, 11) is 2.06. The van der Waals surface area contributed by atoms with Crippen molar-refractivity contribution in [2.45, 2.75) is 37.8 Å².